The molecule has 3 rings (SSSR count). The first kappa shape index (κ1) is 15.3. The van der Waals surface area contributed by atoms with Gasteiger partial charge in [-0.3, -0.25) is 0 Å². The van der Waals surface area contributed by atoms with E-state index in [2.05, 4.69) is 10.1 Å². The molecule has 0 fully saturated rings. The molecule has 6 nitrogen and oxygen atoms in total. The maximum Gasteiger partial charge on any atom is 0.339 e. The monoisotopic (exact) mass is 331 g/mol. The number of fused-ring (bicyclic) bond motifs is 1. The van der Waals surface area contributed by atoms with Crippen LogP contribution in [0.4, 0.5) is 0 Å². The van der Waals surface area contributed by atoms with Gasteiger partial charge in [-0.05, 0) is 37.6 Å². The van der Waals surface area contributed by atoms with Gasteiger partial charge in [0, 0.05) is 16.8 Å². The van der Waals surface area contributed by atoms with Crippen molar-refractivity contribution in [2.75, 3.05) is 6.61 Å². The molecule has 2 aromatic heterocycles. The standard InChI is InChI=1S/C16H14ClN3O3/c1-3-23-16(22)10-5-13-14(18-8-19-20(13)7-10)12-6-11(17)4-9(2)15(12)21/h4-8,21H,3H2,1-2H3. The van der Waals surface area contributed by atoms with E-state index >= 15 is 0 Å². The number of ether oxygens (including phenoxy) is 1. The second-order valence-corrected chi connectivity index (χ2v) is 5.44. The van der Waals surface area contributed by atoms with Gasteiger partial charge >= 0.3 is 5.97 Å². The highest BCUT2D eigenvalue weighted by atomic mass is 35.5. The lowest BCUT2D eigenvalue weighted by Gasteiger charge is -2.08. The first-order valence-electron chi connectivity index (χ1n) is 7.01. The Labute approximate surface area is 137 Å². The number of aryl methyl sites for hydroxylation is 1. The van der Waals surface area contributed by atoms with Crippen LogP contribution in [0.2, 0.25) is 5.02 Å². The van der Waals surface area contributed by atoms with Crippen molar-refractivity contribution in [2.45, 2.75) is 13.8 Å². The smallest absolute Gasteiger partial charge is 0.339 e. The molecule has 1 N–H and O–H groups in total. The Morgan fingerprint density at radius 3 is 2.91 bits per heavy atom. The molecule has 0 atom stereocenters. The van der Waals surface area contributed by atoms with E-state index in [0.29, 0.717) is 32.9 Å². The third-order valence-corrected chi connectivity index (χ3v) is 3.66. The number of hydrogen-bond donors (Lipinski definition) is 1. The van der Waals surface area contributed by atoms with Gasteiger partial charge < -0.3 is 9.84 Å². The summed E-state index contributed by atoms with van der Waals surface area (Å²) in [6.07, 6.45) is 2.92. The second-order valence-electron chi connectivity index (χ2n) is 5.01. The average Bonchev–Trinajstić information content (AvgIpc) is 2.95. The van der Waals surface area contributed by atoms with Crippen molar-refractivity contribution in [2.24, 2.45) is 0 Å². The average molecular weight is 332 g/mol. The molecule has 1 aromatic carbocycles. The summed E-state index contributed by atoms with van der Waals surface area (Å²) < 4.78 is 6.51. The predicted molar refractivity (Wildman–Crippen MR) is 85.8 cm³/mol. The van der Waals surface area contributed by atoms with E-state index in [-0.39, 0.29) is 12.4 Å². The lowest BCUT2D eigenvalue weighted by molar-refractivity contribution is 0.0526. The summed E-state index contributed by atoms with van der Waals surface area (Å²) in [6.45, 7) is 3.79. The van der Waals surface area contributed by atoms with Crippen LogP contribution in [0.3, 0.4) is 0 Å². The van der Waals surface area contributed by atoms with E-state index in [4.69, 9.17) is 16.3 Å². The molecule has 2 heterocycles. The Bertz CT molecular complexity index is 905. The van der Waals surface area contributed by atoms with Gasteiger partial charge in [0.25, 0.3) is 0 Å². The summed E-state index contributed by atoms with van der Waals surface area (Å²) in [5.74, 6) is -0.343. The Kier molecular flexibility index (Phi) is 3.92. The van der Waals surface area contributed by atoms with Crippen molar-refractivity contribution in [3.63, 3.8) is 0 Å². The minimum atomic E-state index is -0.435. The first-order chi connectivity index (χ1) is 11.0. The fourth-order valence-electron chi connectivity index (χ4n) is 2.38. The Morgan fingerprint density at radius 2 is 2.17 bits per heavy atom. The molecule has 0 spiro atoms. The number of carbonyl (C=O) groups excluding carboxylic acids is 1. The van der Waals surface area contributed by atoms with Gasteiger partial charge in [0.05, 0.1) is 17.7 Å². The molecule has 0 amide bonds. The molecule has 3 aromatic rings. The molecule has 0 unspecified atom stereocenters. The third-order valence-electron chi connectivity index (χ3n) is 3.44. The van der Waals surface area contributed by atoms with E-state index in [1.54, 1.807) is 38.2 Å². The molecule has 23 heavy (non-hydrogen) atoms. The van der Waals surface area contributed by atoms with E-state index in [9.17, 15) is 9.90 Å². The van der Waals surface area contributed by atoms with Crippen LogP contribution in [0.1, 0.15) is 22.8 Å². The van der Waals surface area contributed by atoms with Gasteiger partial charge in [-0.2, -0.15) is 5.10 Å². The van der Waals surface area contributed by atoms with Gasteiger partial charge in [-0.1, -0.05) is 11.6 Å². The molecule has 0 radical (unpaired) electrons. The number of hydrogen-bond acceptors (Lipinski definition) is 5. The molecule has 0 aliphatic carbocycles. The number of aromatic nitrogens is 3. The highest BCUT2D eigenvalue weighted by Crippen LogP contribution is 2.35. The molecular weight excluding hydrogens is 318 g/mol. The van der Waals surface area contributed by atoms with Crippen LogP contribution < -0.4 is 0 Å². The molecule has 0 aliphatic heterocycles. The predicted octanol–water partition coefficient (Wildman–Crippen LogP) is 3.24. The summed E-state index contributed by atoms with van der Waals surface area (Å²) in [6, 6.07) is 4.92. The first-order valence-corrected chi connectivity index (χ1v) is 7.39. The number of benzene rings is 1. The van der Waals surface area contributed by atoms with Crippen LogP contribution in [0.25, 0.3) is 16.8 Å². The van der Waals surface area contributed by atoms with Crippen molar-refractivity contribution in [3.05, 3.63) is 46.9 Å². The highest BCUT2D eigenvalue weighted by Gasteiger charge is 2.17. The summed E-state index contributed by atoms with van der Waals surface area (Å²) in [5.41, 5.74) is 2.55. The van der Waals surface area contributed by atoms with Crippen LogP contribution in [-0.2, 0) is 4.74 Å². The number of halogens is 1. The van der Waals surface area contributed by atoms with Crippen LogP contribution in [0.15, 0.2) is 30.7 Å². The molecular formula is C16H14ClN3O3. The highest BCUT2D eigenvalue weighted by molar-refractivity contribution is 6.31. The van der Waals surface area contributed by atoms with Crippen molar-refractivity contribution in [1.82, 2.24) is 14.6 Å². The van der Waals surface area contributed by atoms with E-state index in [1.165, 1.54) is 10.8 Å². The largest absolute Gasteiger partial charge is 0.507 e. The maximum atomic E-state index is 11.9. The zero-order chi connectivity index (χ0) is 16.6. The fourth-order valence-corrected chi connectivity index (χ4v) is 2.65. The fraction of sp³-hybridized carbons (Fsp3) is 0.188. The van der Waals surface area contributed by atoms with E-state index in [1.807, 2.05) is 0 Å². The Morgan fingerprint density at radius 1 is 1.39 bits per heavy atom. The van der Waals surface area contributed by atoms with Crippen LogP contribution in [0.5, 0.6) is 5.75 Å². The summed E-state index contributed by atoms with van der Waals surface area (Å²) >= 11 is 6.08. The lowest BCUT2D eigenvalue weighted by Crippen LogP contribution is -2.02. The minimum Gasteiger partial charge on any atom is -0.507 e. The van der Waals surface area contributed by atoms with Crippen LogP contribution in [-0.4, -0.2) is 32.3 Å². The number of nitrogens with zero attached hydrogens (tertiary/aromatic N) is 3. The number of aromatic hydroxyl groups is 1. The normalized spacial score (nSPS) is 10.9. The quantitative estimate of drug-likeness (QED) is 0.745. The van der Waals surface area contributed by atoms with Crippen molar-refractivity contribution >= 4 is 23.1 Å². The van der Waals surface area contributed by atoms with Crippen molar-refractivity contribution in [1.29, 1.82) is 0 Å². The summed E-state index contributed by atoms with van der Waals surface area (Å²) in [4.78, 5) is 16.1. The second kappa shape index (κ2) is 5.89. The number of rotatable bonds is 3. The topological polar surface area (TPSA) is 76.7 Å². The Hall–Kier alpha value is -2.60. The van der Waals surface area contributed by atoms with Gasteiger partial charge in [-0.15, -0.1) is 0 Å². The van der Waals surface area contributed by atoms with Crippen molar-refractivity contribution < 1.29 is 14.6 Å². The molecule has 0 aliphatic rings. The molecule has 0 saturated heterocycles. The molecule has 0 bridgehead atoms. The van der Waals surface area contributed by atoms with E-state index < -0.39 is 5.97 Å². The van der Waals surface area contributed by atoms with E-state index in [0.717, 1.165) is 0 Å². The third kappa shape index (κ3) is 2.73. The van der Waals surface area contributed by atoms with Gasteiger partial charge in [-0.25, -0.2) is 14.3 Å². The SMILES string of the molecule is CCOC(=O)c1cc2c(-c3cc(Cl)cc(C)c3O)ncnn2c1. The number of phenols is 1. The van der Waals surface area contributed by atoms with Crippen molar-refractivity contribution in [3.8, 4) is 17.0 Å². The minimum absolute atomic E-state index is 0.0916. The maximum absolute atomic E-state index is 11.9. The zero-order valence-corrected chi connectivity index (χ0v) is 13.3. The molecule has 0 saturated carbocycles. The summed E-state index contributed by atoms with van der Waals surface area (Å²) in [7, 11) is 0. The van der Waals surface area contributed by atoms with Crippen LogP contribution >= 0.6 is 11.6 Å². The number of carbonyl (C=O) groups is 1. The van der Waals surface area contributed by atoms with Gasteiger partial charge in [0.15, 0.2) is 0 Å². The van der Waals surface area contributed by atoms with Gasteiger partial charge in [0.1, 0.15) is 17.8 Å². The molecule has 118 valence electrons. The lowest BCUT2D eigenvalue weighted by atomic mass is 10.1. The zero-order valence-electron chi connectivity index (χ0n) is 12.6. The summed E-state index contributed by atoms with van der Waals surface area (Å²) in [5, 5.41) is 14.9. The number of esters is 1. The number of phenolic OH excluding ortho intramolecular Hbond substituents is 1. The Balaban J connectivity index is 2.21. The van der Waals surface area contributed by atoms with Crippen LogP contribution in [0, 0.1) is 6.92 Å². The van der Waals surface area contributed by atoms with Gasteiger partial charge in [0.2, 0.25) is 0 Å². The molecule has 7 heteroatoms.